The second-order valence-electron chi connectivity index (χ2n) is 13.0. The van der Waals surface area contributed by atoms with E-state index in [2.05, 4.69) is 25.3 Å². The van der Waals surface area contributed by atoms with Crippen LogP contribution in [-0.2, 0) is 42.0 Å². The van der Waals surface area contributed by atoms with Gasteiger partial charge in [-0.05, 0) is 18.6 Å². The lowest BCUT2D eigenvalue weighted by atomic mass is 10.1. The highest BCUT2D eigenvalue weighted by molar-refractivity contribution is 8.55. The van der Waals surface area contributed by atoms with Crippen LogP contribution >= 0.6 is 18.2 Å². The van der Waals surface area contributed by atoms with Crippen LogP contribution in [0.5, 0.6) is 0 Å². The third kappa shape index (κ3) is 11.0. The Kier molecular flexibility index (Phi) is 15.4. The molecule has 22 nitrogen and oxygen atoms in total. The number of unbranched alkanes of at least 4 members (excludes halogenated alkanes) is 1. The molecule has 4 aromatic rings. The monoisotopic (exact) mass is 865 g/mol. The number of H-pyrrole nitrogens is 1. The van der Waals surface area contributed by atoms with Gasteiger partial charge in [-0.1, -0.05) is 31.5 Å². The van der Waals surface area contributed by atoms with E-state index in [1.807, 2.05) is 6.92 Å². The fraction of sp³-hybridized carbons (Fsp3) is 0.514. The number of aromatic amines is 1. The van der Waals surface area contributed by atoms with Gasteiger partial charge in [0.15, 0.2) is 29.1 Å². The smallest absolute Gasteiger partial charge is 0.432 e. The zero-order valence-electron chi connectivity index (χ0n) is 31.9. The lowest BCUT2D eigenvalue weighted by molar-refractivity contribution is -0.0625. The van der Waals surface area contributed by atoms with Crippen LogP contribution in [0.2, 0.25) is 0 Å². The van der Waals surface area contributed by atoms with Crippen LogP contribution in [-0.4, -0.2) is 128 Å². The number of aliphatic hydroxyl groups is 2. The summed E-state index contributed by atoms with van der Waals surface area (Å²) in [4.78, 5) is 64.5. The molecule has 2 fully saturated rings. The van der Waals surface area contributed by atoms with Crippen LogP contribution in [0.3, 0.4) is 0 Å². The van der Waals surface area contributed by atoms with Crippen molar-refractivity contribution < 1.29 is 61.8 Å². The molecule has 24 heteroatoms. The van der Waals surface area contributed by atoms with E-state index in [1.54, 1.807) is 34.9 Å². The normalized spacial score (nSPS) is 23.9. The number of fused-ring (bicyclic) bond motifs is 1. The van der Waals surface area contributed by atoms with E-state index in [1.165, 1.54) is 26.0 Å². The number of anilines is 1. The molecule has 5 heterocycles. The molecular formula is C35H44N7O15PS. The minimum Gasteiger partial charge on any atom is -0.432 e. The van der Waals surface area contributed by atoms with Gasteiger partial charge in [-0.25, -0.2) is 29.1 Å². The van der Waals surface area contributed by atoms with Gasteiger partial charge in [0.05, 0.1) is 32.3 Å². The Bertz CT molecular complexity index is 2190. The SMILES string of the molecule is CCCCOCCOC(=O)OCSP(=O)(OC[C@H]1O[C@@H](n2cnc3c(NC(=O)c4ccccc4)ncnc32)C[C@@H]1O)O[C@H]1[C@@H](OC)[C@H](n2ccc(=O)[nH]c2=O)O[C@@H]1CO. The molecule has 1 amide bonds. The second kappa shape index (κ2) is 20.6. The number of nitrogens with zero attached hydrogens (tertiary/aromatic N) is 5. The summed E-state index contributed by atoms with van der Waals surface area (Å²) in [6.45, 7) is -3.10. The molecule has 3 aromatic heterocycles. The molecule has 0 radical (unpaired) electrons. The van der Waals surface area contributed by atoms with Crippen molar-refractivity contribution in [1.29, 1.82) is 0 Å². The maximum atomic E-state index is 14.5. The number of nitrogens with one attached hydrogen (secondary N) is 2. The van der Waals surface area contributed by atoms with Crippen LogP contribution in [0.25, 0.3) is 11.2 Å². The summed E-state index contributed by atoms with van der Waals surface area (Å²) in [6.07, 6.45) is -3.56. The number of hydrogen-bond donors (Lipinski definition) is 4. The van der Waals surface area contributed by atoms with Crippen molar-refractivity contribution in [1.82, 2.24) is 29.1 Å². The highest BCUT2D eigenvalue weighted by Gasteiger charge is 2.51. The second-order valence-corrected chi connectivity index (χ2v) is 17.0. The first-order chi connectivity index (χ1) is 28.5. The average molecular weight is 866 g/mol. The van der Waals surface area contributed by atoms with Gasteiger partial charge in [-0.2, -0.15) is 0 Å². The first-order valence-electron chi connectivity index (χ1n) is 18.5. The van der Waals surface area contributed by atoms with Crippen molar-refractivity contribution in [2.75, 3.05) is 51.4 Å². The summed E-state index contributed by atoms with van der Waals surface area (Å²) in [5, 5.41) is 24.1. The Hall–Kier alpha value is -4.55. The number of carbonyl (C=O) groups is 2. The lowest BCUT2D eigenvalue weighted by Gasteiger charge is -2.27. The number of carbonyl (C=O) groups excluding carboxylic acids is 2. The van der Waals surface area contributed by atoms with Crippen LogP contribution < -0.4 is 16.6 Å². The number of amides is 1. The standard InChI is InChI=1S/C35H44N7O15PS/c1-3-4-12-51-13-14-52-35(48)53-20-59-58(49,57-28-23(16-43)56-33(29(28)50-2)41-11-10-25(45)39-34(41)47)54-17-24-22(44)15-26(55-24)42-19-38-27-30(36-18-37-31(27)42)40-32(46)21-8-6-5-7-9-21/h5-11,18-19,22-24,26,28-29,33,43-44H,3-4,12-17,20H2,1-2H3,(H,39,45,47)(H,36,37,40,46)/t22-,23+,24+,26+,28+,29+,33+,58?/m0/s1. The molecule has 59 heavy (non-hydrogen) atoms. The molecule has 0 spiro atoms. The van der Waals surface area contributed by atoms with E-state index in [0.29, 0.717) is 29.2 Å². The maximum Gasteiger partial charge on any atom is 0.509 e. The average Bonchev–Trinajstić information content (AvgIpc) is 3.93. The molecule has 0 saturated carbocycles. The van der Waals surface area contributed by atoms with Crippen LogP contribution in [0, 0.1) is 0 Å². The molecule has 2 aliphatic heterocycles. The van der Waals surface area contributed by atoms with Gasteiger partial charge in [0.2, 0.25) is 0 Å². The van der Waals surface area contributed by atoms with E-state index in [-0.39, 0.29) is 31.0 Å². The summed E-state index contributed by atoms with van der Waals surface area (Å²) in [7, 11) is 1.27. The van der Waals surface area contributed by atoms with E-state index in [4.69, 9.17) is 37.5 Å². The number of ether oxygens (including phenoxy) is 6. The number of benzene rings is 1. The first kappa shape index (κ1) is 44.0. The van der Waals surface area contributed by atoms with Crippen LogP contribution in [0.15, 0.2) is 64.8 Å². The summed E-state index contributed by atoms with van der Waals surface area (Å²) in [5.74, 6) is -0.844. The predicted molar refractivity (Wildman–Crippen MR) is 206 cm³/mol. The highest BCUT2D eigenvalue weighted by Crippen LogP contribution is 2.63. The van der Waals surface area contributed by atoms with Gasteiger partial charge >= 0.3 is 18.6 Å². The van der Waals surface area contributed by atoms with Gasteiger partial charge in [-0.3, -0.25) is 32.8 Å². The molecule has 0 bridgehead atoms. The van der Waals surface area contributed by atoms with Crippen molar-refractivity contribution in [3.05, 3.63) is 81.7 Å². The summed E-state index contributed by atoms with van der Waals surface area (Å²) < 4.78 is 62.0. The molecule has 2 saturated heterocycles. The first-order valence-corrected chi connectivity index (χ1v) is 21.6. The van der Waals surface area contributed by atoms with Crippen molar-refractivity contribution in [3.8, 4) is 0 Å². The van der Waals surface area contributed by atoms with Crippen molar-refractivity contribution in [3.63, 3.8) is 0 Å². The quantitative estimate of drug-likeness (QED) is 0.0429. The minimum atomic E-state index is -4.48. The molecule has 6 rings (SSSR count). The van der Waals surface area contributed by atoms with Gasteiger partial charge in [0, 0.05) is 49.3 Å². The number of imidazole rings is 1. The van der Waals surface area contributed by atoms with Gasteiger partial charge < -0.3 is 44.0 Å². The molecule has 0 aliphatic carbocycles. The van der Waals surface area contributed by atoms with Crippen molar-refractivity contribution in [2.24, 2.45) is 0 Å². The van der Waals surface area contributed by atoms with Gasteiger partial charge in [-0.15, -0.1) is 0 Å². The minimum absolute atomic E-state index is 0.0228. The summed E-state index contributed by atoms with van der Waals surface area (Å²) >= 11 is 0.451. The Balaban J connectivity index is 1.15. The fourth-order valence-corrected chi connectivity index (χ4v) is 8.96. The third-order valence-corrected chi connectivity index (χ3v) is 12.5. The summed E-state index contributed by atoms with van der Waals surface area (Å²) in [5.41, 5.74) is -0.538. The zero-order valence-corrected chi connectivity index (χ0v) is 33.6. The molecule has 2 aliphatic rings. The number of aliphatic hydroxyl groups excluding tert-OH is 2. The molecule has 1 aromatic carbocycles. The maximum absolute atomic E-state index is 14.5. The third-order valence-electron chi connectivity index (χ3n) is 9.13. The number of aromatic nitrogens is 6. The van der Waals surface area contributed by atoms with E-state index in [0.717, 1.165) is 23.5 Å². The predicted octanol–water partition coefficient (Wildman–Crippen LogP) is 2.35. The van der Waals surface area contributed by atoms with Crippen molar-refractivity contribution in [2.45, 2.75) is 69.2 Å². The highest BCUT2D eigenvalue weighted by atomic mass is 32.7. The lowest BCUT2D eigenvalue weighted by Crippen LogP contribution is -2.39. The zero-order chi connectivity index (χ0) is 41.9. The fourth-order valence-electron chi connectivity index (χ4n) is 6.17. The van der Waals surface area contributed by atoms with Crippen LogP contribution in [0.1, 0.15) is 49.0 Å². The molecule has 4 N–H and O–H groups in total. The molecule has 8 atom stereocenters. The number of hydrogen-bond acceptors (Lipinski definition) is 19. The molecule has 1 unspecified atom stereocenters. The van der Waals surface area contributed by atoms with Gasteiger partial charge in [0.1, 0.15) is 43.6 Å². The molecular weight excluding hydrogens is 821 g/mol. The van der Waals surface area contributed by atoms with Crippen LogP contribution in [0.4, 0.5) is 10.6 Å². The largest absolute Gasteiger partial charge is 0.509 e. The molecule has 320 valence electrons. The van der Waals surface area contributed by atoms with Gasteiger partial charge in [0.25, 0.3) is 11.5 Å². The Labute approximate surface area is 339 Å². The summed E-state index contributed by atoms with van der Waals surface area (Å²) in [6, 6.07) is 9.62. The van der Waals surface area contributed by atoms with E-state index < -0.39 is 92.2 Å². The number of methoxy groups -OCH3 is 1. The van der Waals surface area contributed by atoms with E-state index in [9.17, 15) is 34.0 Å². The number of rotatable bonds is 20. The Morgan fingerprint density at radius 3 is 2.59 bits per heavy atom. The van der Waals surface area contributed by atoms with Crippen molar-refractivity contribution >= 4 is 47.2 Å². The van der Waals surface area contributed by atoms with E-state index >= 15 is 0 Å². The topological polar surface area (TPSA) is 276 Å². The Morgan fingerprint density at radius 1 is 1.03 bits per heavy atom. The Morgan fingerprint density at radius 2 is 1.85 bits per heavy atom.